The van der Waals surface area contributed by atoms with Crippen molar-refractivity contribution in [3.63, 3.8) is 0 Å². The topological polar surface area (TPSA) is 93.2 Å². The fourth-order valence-electron chi connectivity index (χ4n) is 4.30. The smallest absolute Gasteiger partial charge is 0.274 e. The van der Waals surface area contributed by atoms with Crippen LogP contribution in [0, 0.1) is 13.8 Å². The number of imidazole rings is 1. The van der Waals surface area contributed by atoms with Crippen molar-refractivity contribution in [1.29, 1.82) is 0 Å². The maximum Gasteiger partial charge on any atom is 0.274 e. The van der Waals surface area contributed by atoms with Crippen LogP contribution < -0.4 is 4.90 Å². The van der Waals surface area contributed by atoms with E-state index in [4.69, 9.17) is 4.52 Å². The summed E-state index contributed by atoms with van der Waals surface area (Å²) in [5.41, 5.74) is 4.82. The van der Waals surface area contributed by atoms with E-state index >= 15 is 0 Å². The average molecular weight is 458 g/mol. The zero-order valence-electron chi connectivity index (χ0n) is 19.6. The second kappa shape index (κ2) is 9.09. The first-order chi connectivity index (χ1) is 16.5. The quantitative estimate of drug-likeness (QED) is 0.453. The van der Waals surface area contributed by atoms with Gasteiger partial charge in [-0.05, 0) is 37.6 Å². The normalized spacial score (nSPS) is 14.0. The van der Waals surface area contributed by atoms with Crippen LogP contribution in [0.4, 0.5) is 5.69 Å². The number of carbonyl (C=O) groups is 1. The summed E-state index contributed by atoms with van der Waals surface area (Å²) >= 11 is 0. The van der Waals surface area contributed by atoms with Gasteiger partial charge in [-0.2, -0.15) is 4.98 Å². The van der Waals surface area contributed by atoms with Crippen LogP contribution in [0.1, 0.15) is 34.4 Å². The van der Waals surface area contributed by atoms with Crippen molar-refractivity contribution in [2.45, 2.75) is 27.2 Å². The van der Waals surface area contributed by atoms with E-state index in [0.717, 1.165) is 13.1 Å². The van der Waals surface area contributed by atoms with E-state index in [0.29, 0.717) is 48.3 Å². The number of aryl methyl sites for hydroxylation is 3. The first kappa shape index (κ1) is 21.8. The Labute approximate surface area is 198 Å². The van der Waals surface area contributed by atoms with E-state index < -0.39 is 0 Å². The molecule has 0 atom stereocenters. The van der Waals surface area contributed by atoms with Crippen molar-refractivity contribution in [3.05, 3.63) is 71.7 Å². The molecule has 1 aliphatic heterocycles. The molecule has 1 amide bonds. The third-order valence-electron chi connectivity index (χ3n) is 6.11. The summed E-state index contributed by atoms with van der Waals surface area (Å²) in [5, 5.41) is 3.97. The summed E-state index contributed by atoms with van der Waals surface area (Å²) in [4.78, 5) is 30.6. The van der Waals surface area contributed by atoms with Crippen LogP contribution in [-0.2, 0) is 6.42 Å². The highest BCUT2D eigenvalue weighted by atomic mass is 16.5. The first-order valence-corrected chi connectivity index (χ1v) is 11.5. The Morgan fingerprint density at radius 3 is 2.65 bits per heavy atom. The predicted octanol–water partition coefficient (Wildman–Crippen LogP) is 3.46. The van der Waals surface area contributed by atoms with Gasteiger partial charge < -0.3 is 14.3 Å². The van der Waals surface area contributed by atoms with Crippen LogP contribution >= 0.6 is 0 Å². The van der Waals surface area contributed by atoms with Gasteiger partial charge in [-0.3, -0.25) is 9.36 Å². The second-order valence-corrected chi connectivity index (χ2v) is 8.48. The third-order valence-corrected chi connectivity index (χ3v) is 6.11. The highest BCUT2D eigenvalue weighted by Gasteiger charge is 2.25. The van der Waals surface area contributed by atoms with Gasteiger partial charge in [0, 0.05) is 50.7 Å². The Morgan fingerprint density at radius 2 is 1.91 bits per heavy atom. The van der Waals surface area contributed by atoms with Gasteiger partial charge in [0.15, 0.2) is 11.6 Å². The number of pyridine rings is 1. The Morgan fingerprint density at radius 1 is 1.09 bits per heavy atom. The molecule has 5 rings (SSSR count). The summed E-state index contributed by atoms with van der Waals surface area (Å²) in [7, 11) is 0. The van der Waals surface area contributed by atoms with Crippen molar-refractivity contribution in [2.75, 3.05) is 31.1 Å². The number of amides is 1. The molecule has 1 aromatic carbocycles. The zero-order chi connectivity index (χ0) is 23.7. The molecule has 0 unspecified atom stereocenters. The van der Waals surface area contributed by atoms with Crippen LogP contribution in [-0.4, -0.2) is 61.7 Å². The lowest BCUT2D eigenvalue weighted by molar-refractivity contribution is 0.0741. The number of hydrogen-bond acceptors (Lipinski definition) is 7. The maximum absolute atomic E-state index is 13.2. The van der Waals surface area contributed by atoms with E-state index in [1.54, 1.807) is 23.3 Å². The van der Waals surface area contributed by atoms with Crippen LogP contribution in [0.5, 0.6) is 0 Å². The molecule has 0 bridgehead atoms. The average Bonchev–Trinajstić information content (AvgIpc) is 3.54. The van der Waals surface area contributed by atoms with Crippen LogP contribution in [0.15, 0.2) is 53.6 Å². The van der Waals surface area contributed by atoms with Crippen molar-refractivity contribution in [3.8, 4) is 17.3 Å². The molecule has 9 nitrogen and oxygen atoms in total. The number of piperazine rings is 1. The second-order valence-electron chi connectivity index (χ2n) is 8.48. The Kier molecular flexibility index (Phi) is 5.83. The van der Waals surface area contributed by atoms with Gasteiger partial charge in [0.1, 0.15) is 12.0 Å². The standard InChI is InChI=1S/C25H27N7O2/c1-4-22-28-24(34-29-22)19-6-5-9-26-23(19)32-15-20(27-16-32)25(33)31-12-10-30(11-13-31)21-8-7-17(2)14-18(21)3/h5-9,14-16H,4,10-13H2,1-3H3. The minimum Gasteiger partial charge on any atom is -0.368 e. The van der Waals surface area contributed by atoms with Crippen LogP contribution in [0.25, 0.3) is 17.3 Å². The molecule has 9 heteroatoms. The molecule has 1 fully saturated rings. The fraction of sp³-hybridized carbons (Fsp3) is 0.320. The predicted molar refractivity (Wildman–Crippen MR) is 128 cm³/mol. The third kappa shape index (κ3) is 4.16. The van der Waals surface area contributed by atoms with E-state index in [2.05, 4.69) is 57.1 Å². The molecule has 34 heavy (non-hydrogen) atoms. The highest BCUT2D eigenvalue weighted by Crippen LogP contribution is 2.25. The van der Waals surface area contributed by atoms with E-state index in [-0.39, 0.29) is 5.91 Å². The maximum atomic E-state index is 13.2. The molecule has 0 aliphatic carbocycles. The van der Waals surface area contributed by atoms with E-state index in [9.17, 15) is 4.79 Å². The van der Waals surface area contributed by atoms with E-state index in [1.807, 2.05) is 24.0 Å². The monoisotopic (exact) mass is 457 g/mol. The number of benzene rings is 1. The van der Waals surface area contributed by atoms with Gasteiger partial charge in [-0.1, -0.05) is 29.8 Å². The van der Waals surface area contributed by atoms with Crippen molar-refractivity contribution >= 4 is 11.6 Å². The number of nitrogens with zero attached hydrogens (tertiary/aromatic N) is 7. The summed E-state index contributed by atoms with van der Waals surface area (Å²) in [6.45, 7) is 9.08. The number of anilines is 1. The molecule has 0 saturated carbocycles. The van der Waals surface area contributed by atoms with Gasteiger partial charge in [0.05, 0.1) is 5.56 Å². The molecule has 3 aromatic heterocycles. The lowest BCUT2D eigenvalue weighted by Gasteiger charge is -2.36. The number of carbonyl (C=O) groups excluding carboxylic acids is 1. The molecular formula is C25H27N7O2. The fourth-order valence-corrected chi connectivity index (χ4v) is 4.30. The van der Waals surface area contributed by atoms with Gasteiger partial charge in [-0.15, -0.1) is 0 Å². The molecule has 4 aromatic rings. The van der Waals surface area contributed by atoms with Crippen molar-refractivity contribution < 1.29 is 9.32 Å². The molecule has 1 aliphatic rings. The number of rotatable bonds is 5. The van der Waals surface area contributed by atoms with E-state index in [1.165, 1.54) is 16.8 Å². The lowest BCUT2D eigenvalue weighted by atomic mass is 10.1. The van der Waals surface area contributed by atoms with Crippen molar-refractivity contribution in [1.82, 2.24) is 29.6 Å². The molecule has 4 heterocycles. The Balaban J connectivity index is 1.31. The van der Waals surface area contributed by atoms with Gasteiger partial charge in [-0.25, -0.2) is 9.97 Å². The molecule has 1 saturated heterocycles. The highest BCUT2D eigenvalue weighted by molar-refractivity contribution is 5.92. The number of aromatic nitrogens is 5. The molecule has 0 spiro atoms. The number of hydrogen-bond donors (Lipinski definition) is 0. The molecule has 0 N–H and O–H groups in total. The van der Waals surface area contributed by atoms with Crippen molar-refractivity contribution in [2.24, 2.45) is 0 Å². The van der Waals surface area contributed by atoms with Gasteiger partial charge >= 0.3 is 0 Å². The SMILES string of the molecule is CCc1noc(-c2cccnc2-n2cnc(C(=O)N3CCN(c4ccc(C)cc4C)CC3)c2)n1. The Bertz CT molecular complexity index is 1320. The lowest BCUT2D eigenvalue weighted by Crippen LogP contribution is -2.49. The summed E-state index contributed by atoms with van der Waals surface area (Å²) in [6.07, 6.45) is 5.67. The van der Waals surface area contributed by atoms with Crippen LogP contribution in [0.3, 0.4) is 0 Å². The molecular weight excluding hydrogens is 430 g/mol. The van der Waals surface area contributed by atoms with Gasteiger partial charge in [0.2, 0.25) is 0 Å². The first-order valence-electron chi connectivity index (χ1n) is 11.5. The molecule has 0 radical (unpaired) electrons. The summed E-state index contributed by atoms with van der Waals surface area (Å²) in [5.74, 6) is 1.53. The summed E-state index contributed by atoms with van der Waals surface area (Å²) in [6, 6.07) is 10.2. The van der Waals surface area contributed by atoms with Crippen LogP contribution in [0.2, 0.25) is 0 Å². The minimum absolute atomic E-state index is 0.0810. The van der Waals surface area contributed by atoms with Gasteiger partial charge in [0.25, 0.3) is 11.8 Å². The zero-order valence-corrected chi connectivity index (χ0v) is 19.6. The summed E-state index contributed by atoms with van der Waals surface area (Å²) < 4.78 is 7.13. The largest absolute Gasteiger partial charge is 0.368 e. The minimum atomic E-state index is -0.0810. The Hall–Kier alpha value is -4.01. The molecule has 174 valence electrons.